The van der Waals surface area contributed by atoms with Gasteiger partial charge in [0.05, 0.1) is 0 Å². The van der Waals surface area contributed by atoms with Crippen molar-refractivity contribution in [3.8, 4) is 0 Å². The molecule has 19 heavy (non-hydrogen) atoms. The molecule has 0 radical (unpaired) electrons. The Bertz CT molecular complexity index is 549. The quantitative estimate of drug-likeness (QED) is 0.855. The molecule has 2 aromatic carbocycles. The second kappa shape index (κ2) is 6.11. The molecule has 0 amide bonds. The van der Waals surface area contributed by atoms with Gasteiger partial charge in [0.2, 0.25) is 0 Å². The summed E-state index contributed by atoms with van der Waals surface area (Å²) in [5.74, 6) is 0. The summed E-state index contributed by atoms with van der Waals surface area (Å²) >= 11 is 3.47. The third kappa shape index (κ3) is 3.51. The zero-order valence-corrected chi connectivity index (χ0v) is 12.9. The Morgan fingerprint density at radius 2 is 1.68 bits per heavy atom. The van der Waals surface area contributed by atoms with Crippen LogP contribution in [0.5, 0.6) is 0 Å². The summed E-state index contributed by atoms with van der Waals surface area (Å²) in [7, 11) is 2.10. The van der Waals surface area contributed by atoms with Crippen LogP contribution in [0.25, 0.3) is 0 Å². The Morgan fingerprint density at radius 3 is 2.26 bits per heavy atom. The number of nitrogens with two attached hydrogens (primary N) is 1. The Morgan fingerprint density at radius 1 is 1.05 bits per heavy atom. The Hall–Kier alpha value is -1.48. The zero-order chi connectivity index (χ0) is 13.8. The molecule has 100 valence electrons. The summed E-state index contributed by atoms with van der Waals surface area (Å²) in [5.41, 5.74) is 10.4. The third-order valence-corrected chi connectivity index (χ3v) is 3.96. The average Bonchev–Trinajstić information content (AvgIpc) is 2.43. The van der Waals surface area contributed by atoms with E-state index in [0.29, 0.717) is 0 Å². The second-order valence-electron chi connectivity index (χ2n) is 4.73. The SMILES string of the molecule is CCc1ccc(N(C)Cc2ccc(N)c(Br)c2)cc1. The molecule has 2 rings (SSSR count). The van der Waals surface area contributed by atoms with Gasteiger partial charge in [0.1, 0.15) is 0 Å². The summed E-state index contributed by atoms with van der Waals surface area (Å²) in [6.07, 6.45) is 1.08. The molecular weight excluding hydrogens is 300 g/mol. The second-order valence-corrected chi connectivity index (χ2v) is 5.59. The van der Waals surface area contributed by atoms with Gasteiger partial charge >= 0.3 is 0 Å². The highest BCUT2D eigenvalue weighted by Gasteiger charge is 2.04. The molecule has 0 aliphatic rings. The smallest absolute Gasteiger partial charge is 0.0458 e. The van der Waals surface area contributed by atoms with Gasteiger partial charge in [-0.05, 0) is 57.7 Å². The minimum absolute atomic E-state index is 0.777. The maximum Gasteiger partial charge on any atom is 0.0458 e. The first kappa shape index (κ1) is 13.9. The van der Waals surface area contributed by atoms with E-state index in [1.54, 1.807) is 0 Å². The van der Waals surface area contributed by atoms with E-state index in [1.165, 1.54) is 16.8 Å². The fourth-order valence-electron chi connectivity index (χ4n) is 2.02. The van der Waals surface area contributed by atoms with Crippen molar-refractivity contribution in [2.45, 2.75) is 19.9 Å². The highest BCUT2D eigenvalue weighted by atomic mass is 79.9. The minimum atomic E-state index is 0.777. The van der Waals surface area contributed by atoms with Gasteiger partial charge in [0.15, 0.2) is 0 Å². The number of aryl methyl sites for hydroxylation is 1. The molecular formula is C16H19BrN2. The van der Waals surface area contributed by atoms with Gasteiger partial charge in [-0.1, -0.05) is 25.1 Å². The highest BCUT2D eigenvalue weighted by Crippen LogP contribution is 2.22. The highest BCUT2D eigenvalue weighted by molar-refractivity contribution is 9.10. The van der Waals surface area contributed by atoms with Gasteiger partial charge < -0.3 is 10.6 Å². The number of halogens is 1. The Labute approximate surface area is 123 Å². The number of hydrogen-bond acceptors (Lipinski definition) is 2. The number of nitrogens with zero attached hydrogens (tertiary/aromatic N) is 1. The van der Waals surface area contributed by atoms with Gasteiger partial charge in [-0.15, -0.1) is 0 Å². The maximum atomic E-state index is 5.80. The molecule has 2 N–H and O–H groups in total. The van der Waals surface area contributed by atoms with Crippen molar-refractivity contribution in [1.29, 1.82) is 0 Å². The van der Waals surface area contributed by atoms with Crippen LogP contribution in [0.15, 0.2) is 46.9 Å². The summed E-state index contributed by atoms with van der Waals surface area (Å²) in [4.78, 5) is 2.23. The van der Waals surface area contributed by atoms with E-state index in [2.05, 4.69) is 71.2 Å². The van der Waals surface area contributed by atoms with Crippen molar-refractivity contribution in [2.24, 2.45) is 0 Å². The van der Waals surface area contributed by atoms with Crippen molar-refractivity contribution in [2.75, 3.05) is 17.7 Å². The number of benzene rings is 2. The van der Waals surface area contributed by atoms with Crippen LogP contribution in [0.4, 0.5) is 11.4 Å². The summed E-state index contributed by atoms with van der Waals surface area (Å²) in [6, 6.07) is 14.8. The number of rotatable bonds is 4. The first-order chi connectivity index (χ1) is 9.10. The van der Waals surface area contributed by atoms with Gasteiger partial charge in [0.25, 0.3) is 0 Å². The van der Waals surface area contributed by atoms with Gasteiger partial charge in [-0.3, -0.25) is 0 Å². The van der Waals surface area contributed by atoms with Crippen LogP contribution < -0.4 is 10.6 Å². The van der Waals surface area contributed by atoms with E-state index in [4.69, 9.17) is 5.73 Å². The molecule has 2 aromatic rings. The van der Waals surface area contributed by atoms with E-state index in [-0.39, 0.29) is 0 Å². The van der Waals surface area contributed by atoms with Crippen molar-refractivity contribution >= 4 is 27.3 Å². The van der Waals surface area contributed by atoms with E-state index in [0.717, 1.165) is 23.1 Å². The van der Waals surface area contributed by atoms with Crippen LogP contribution >= 0.6 is 15.9 Å². The van der Waals surface area contributed by atoms with Crippen LogP contribution in [0.3, 0.4) is 0 Å². The molecule has 0 aliphatic carbocycles. The molecule has 0 aromatic heterocycles. The largest absolute Gasteiger partial charge is 0.398 e. The zero-order valence-electron chi connectivity index (χ0n) is 11.4. The molecule has 0 atom stereocenters. The lowest BCUT2D eigenvalue weighted by atomic mass is 10.1. The van der Waals surface area contributed by atoms with E-state index in [9.17, 15) is 0 Å². The lowest BCUT2D eigenvalue weighted by Gasteiger charge is -2.20. The summed E-state index contributed by atoms with van der Waals surface area (Å²) < 4.78 is 0.958. The van der Waals surface area contributed by atoms with Crippen molar-refractivity contribution in [3.63, 3.8) is 0 Å². The monoisotopic (exact) mass is 318 g/mol. The van der Waals surface area contributed by atoms with Gasteiger partial charge in [0, 0.05) is 29.4 Å². The van der Waals surface area contributed by atoms with Crippen LogP contribution in [-0.4, -0.2) is 7.05 Å². The number of anilines is 2. The van der Waals surface area contributed by atoms with Crippen molar-refractivity contribution in [1.82, 2.24) is 0 Å². The molecule has 3 heteroatoms. The van der Waals surface area contributed by atoms with Crippen LogP contribution in [0.2, 0.25) is 0 Å². The van der Waals surface area contributed by atoms with Gasteiger partial charge in [-0.25, -0.2) is 0 Å². The standard InChI is InChI=1S/C16H19BrN2/c1-3-12-4-7-14(8-5-12)19(2)11-13-6-9-16(18)15(17)10-13/h4-10H,3,11,18H2,1-2H3. The van der Waals surface area contributed by atoms with Crippen molar-refractivity contribution in [3.05, 3.63) is 58.1 Å². The maximum absolute atomic E-state index is 5.80. The van der Waals surface area contributed by atoms with Gasteiger partial charge in [-0.2, -0.15) is 0 Å². The molecule has 0 bridgehead atoms. The van der Waals surface area contributed by atoms with E-state index >= 15 is 0 Å². The summed E-state index contributed by atoms with van der Waals surface area (Å²) in [6.45, 7) is 3.04. The predicted octanol–water partition coefficient (Wildman–Crippen LogP) is 4.23. The molecule has 0 spiro atoms. The van der Waals surface area contributed by atoms with Crippen LogP contribution in [0.1, 0.15) is 18.1 Å². The van der Waals surface area contributed by atoms with Crippen LogP contribution in [-0.2, 0) is 13.0 Å². The Balaban J connectivity index is 2.10. The normalized spacial score (nSPS) is 10.5. The molecule has 0 fully saturated rings. The minimum Gasteiger partial charge on any atom is -0.398 e. The van der Waals surface area contributed by atoms with E-state index in [1.807, 2.05) is 6.07 Å². The van der Waals surface area contributed by atoms with E-state index < -0.39 is 0 Å². The Kier molecular flexibility index (Phi) is 4.48. The topological polar surface area (TPSA) is 29.3 Å². The fraction of sp³-hybridized carbons (Fsp3) is 0.250. The first-order valence-electron chi connectivity index (χ1n) is 6.44. The molecule has 0 saturated heterocycles. The molecule has 0 aliphatic heterocycles. The lowest BCUT2D eigenvalue weighted by molar-refractivity contribution is 0.921. The number of nitrogen functional groups attached to an aromatic ring is 1. The van der Waals surface area contributed by atoms with Crippen LogP contribution in [0, 0.1) is 0 Å². The molecule has 0 unspecified atom stereocenters. The molecule has 0 saturated carbocycles. The molecule has 0 heterocycles. The first-order valence-corrected chi connectivity index (χ1v) is 7.23. The third-order valence-electron chi connectivity index (χ3n) is 3.27. The average molecular weight is 319 g/mol. The van der Waals surface area contributed by atoms with Crippen molar-refractivity contribution < 1.29 is 0 Å². The number of hydrogen-bond donors (Lipinski definition) is 1. The summed E-state index contributed by atoms with van der Waals surface area (Å²) in [5, 5.41) is 0. The predicted molar refractivity (Wildman–Crippen MR) is 86.5 cm³/mol. The molecule has 2 nitrogen and oxygen atoms in total. The fourth-order valence-corrected chi connectivity index (χ4v) is 2.45. The lowest BCUT2D eigenvalue weighted by Crippen LogP contribution is -2.16.